The number of aromatic nitrogens is 3. The van der Waals surface area contributed by atoms with Gasteiger partial charge in [0.25, 0.3) is 5.91 Å². The van der Waals surface area contributed by atoms with Crippen molar-refractivity contribution in [2.45, 2.75) is 19.6 Å². The number of carbonyl (C=O) groups is 1. The number of hydrogen-bond acceptors (Lipinski definition) is 3. The van der Waals surface area contributed by atoms with Gasteiger partial charge >= 0.3 is 0 Å². The molecule has 0 bridgehead atoms. The van der Waals surface area contributed by atoms with Crippen molar-refractivity contribution in [1.29, 1.82) is 0 Å². The standard InChI is InChI=1S/C19H20N4O2/c1-22-10-5-8-18(22)19(24)23-11-9-16-15(12-23)17(21-20-16)13-25-14-6-3-2-4-7-14/h2-8,10H,9,11-13H2,1H3,(H,20,21). The maximum Gasteiger partial charge on any atom is 0.270 e. The molecule has 0 fully saturated rings. The van der Waals surface area contributed by atoms with E-state index in [4.69, 9.17) is 4.74 Å². The minimum Gasteiger partial charge on any atom is -0.487 e. The van der Waals surface area contributed by atoms with E-state index in [0.29, 0.717) is 25.4 Å². The molecule has 1 amide bonds. The summed E-state index contributed by atoms with van der Waals surface area (Å²) >= 11 is 0. The number of nitrogens with one attached hydrogen (secondary N) is 1. The lowest BCUT2D eigenvalue weighted by molar-refractivity contribution is 0.0723. The highest BCUT2D eigenvalue weighted by molar-refractivity contribution is 5.92. The normalized spacial score (nSPS) is 13.6. The van der Waals surface area contributed by atoms with Crippen molar-refractivity contribution in [1.82, 2.24) is 19.7 Å². The number of amides is 1. The highest BCUT2D eigenvalue weighted by Gasteiger charge is 2.26. The van der Waals surface area contributed by atoms with Crippen LogP contribution in [-0.2, 0) is 26.6 Å². The maximum atomic E-state index is 12.7. The number of nitrogens with zero attached hydrogens (tertiary/aromatic N) is 3. The lowest BCUT2D eigenvalue weighted by Gasteiger charge is -2.27. The van der Waals surface area contributed by atoms with Crippen molar-refractivity contribution >= 4 is 5.91 Å². The van der Waals surface area contributed by atoms with E-state index in [9.17, 15) is 4.79 Å². The van der Waals surface area contributed by atoms with Crippen LogP contribution in [0.1, 0.15) is 27.4 Å². The maximum absolute atomic E-state index is 12.7. The highest BCUT2D eigenvalue weighted by Crippen LogP contribution is 2.23. The van der Waals surface area contributed by atoms with Crippen molar-refractivity contribution in [2.24, 2.45) is 7.05 Å². The Morgan fingerprint density at radius 3 is 2.84 bits per heavy atom. The number of rotatable bonds is 4. The molecule has 25 heavy (non-hydrogen) atoms. The second-order valence-electron chi connectivity index (χ2n) is 6.21. The van der Waals surface area contributed by atoms with E-state index in [0.717, 1.165) is 29.1 Å². The van der Waals surface area contributed by atoms with Crippen LogP contribution < -0.4 is 4.74 Å². The van der Waals surface area contributed by atoms with Crippen molar-refractivity contribution in [3.8, 4) is 5.75 Å². The molecule has 4 rings (SSSR count). The largest absolute Gasteiger partial charge is 0.487 e. The Bertz CT molecular complexity index is 882. The van der Waals surface area contributed by atoms with Crippen LogP contribution in [0.2, 0.25) is 0 Å². The molecule has 1 aliphatic heterocycles. The van der Waals surface area contributed by atoms with Gasteiger partial charge in [-0.05, 0) is 24.3 Å². The third kappa shape index (κ3) is 3.03. The van der Waals surface area contributed by atoms with Crippen LogP contribution in [0.3, 0.4) is 0 Å². The molecule has 0 saturated carbocycles. The fraction of sp³-hybridized carbons (Fsp3) is 0.263. The van der Waals surface area contributed by atoms with Gasteiger partial charge in [0.05, 0.1) is 0 Å². The Kier molecular flexibility index (Phi) is 4.01. The molecule has 0 saturated heterocycles. The number of carbonyl (C=O) groups excluding carboxylic acids is 1. The van der Waals surface area contributed by atoms with E-state index < -0.39 is 0 Å². The van der Waals surface area contributed by atoms with Crippen LogP contribution in [0.4, 0.5) is 0 Å². The number of benzene rings is 1. The minimum absolute atomic E-state index is 0.0503. The molecule has 1 aliphatic rings. The van der Waals surface area contributed by atoms with Gasteiger partial charge in [-0.25, -0.2) is 0 Å². The van der Waals surface area contributed by atoms with Gasteiger partial charge in [-0.15, -0.1) is 0 Å². The van der Waals surface area contributed by atoms with Crippen LogP contribution in [0.5, 0.6) is 5.75 Å². The van der Waals surface area contributed by atoms with Gasteiger partial charge in [0.1, 0.15) is 23.7 Å². The van der Waals surface area contributed by atoms with Crippen LogP contribution >= 0.6 is 0 Å². The molecule has 0 unspecified atom stereocenters. The number of aromatic amines is 1. The van der Waals surface area contributed by atoms with Gasteiger partial charge < -0.3 is 14.2 Å². The quantitative estimate of drug-likeness (QED) is 0.796. The molecule has 1 aromatic carbocycles. The van der Waals surface area contributed by atoms with E-state index >= 15 is 0 Å². The fourth-order valence-electron chi connectivity index (χ4n) is 3.16. The molecule has 3 heterocycles. The molecule has 0 atom stereocenters. The summed E-state index contributed by atoms with van der Waals surface area (Å²) in [6.07, 6.45) is 2.67. The monoisotopic (exact) mass is 336 g/mol. The van der Waals surface area contributed by atoms with E-state index in [2.05, 4.69) is 10.2 Å². The smallest absolute Gasteiger partial charge is 0.270 e. The summed E-state index contributed by atoms with van der Waals surface area (Å²) in [4.78, 5) is 14.6. The Hall–Kier alpha value is -3.02. The molecule has 0 spiro atoms. The van der Waals surface area contributed by atoms with E-state index in [1.807, 2.05) is 65.2 Å². The van der Waals surface area contributed by atoms with E-state index in [1.165, 1.54) is 0 Å². The van der Waals surface area contributed by atoms with E-state index in [-0.39, 0.29) is 5.91 Å². The topological polar surface area (TPSA) is 63.2 Å². The molecular weight excluding hydrogens is 316 g/mol. The van der Waals surface area contributed by atoms with Gasteiger partial charge in [0.15, 0.2) is 0 Å². The van der Waals surface area contributed by atoms with Crippen molar-refractivity contribution in [3.63, 3.8) is 0 Å². The summed E-state index contributed by atoms with van der Waals surface area (Å²) in [5, 5.41) is 7.49. The summed E-state index contributed by atoms with van der Waals surface area (Å²) in [6, 6.07) is 13.4. The van der Waals surface area contributed by atoms with Crippen LogP contribution in [0, 0.1) is 0 Å². The van der Waals surface area contributed by atoms with Crippen LogP contribution in [0.15, 0.2) is 48.7 Å². The lowest BCUT2D eigenvalue weighted by Crippen LogP contribution is -2.37. The second kappa shape index (κ2) is 6.47. The second-order valence-corrected chi connectivity index (χ2v) is 6.21. The average molecular weight is 336 g/mol. The van der Waals surface area contributed by atoms with E-state index in [1.54, 1.807) is 0 Å². The lowest BCUT2D eigenvalue weighted by atomic mass is 10.1. The number of ether oxygens (including phenoxy) is 1. The zero-order valence-electron chi connectivity index (χ0n) is 14.1. The Morgan fingerprint density at radius 2 is 2.08 bits per heavy atom. The van der Waals surface area contributed by atoms with Crippen molar-refractivity contribution in [3.05, 3.63) is 71.3 Å². The number of fused-ring (bicyclic) bond motifs is 1. The van der Waals surface area contributed by atoms with Gasteiger partial charge in [-0.3, -0.25) is 9.89 Å². The first-order valence-electron chi connectivity index (χ1n) is 8.36. The zero-order valence-corrected chi connectivity index (χ0v) is 14.1. The SMILES string of the molecule is Cn1cccc1C(=O)N1CCc2[nH]nc(COc3ccccc3)c2C1. The minimum atomic E-state index is 0.0503. The first-order chi connectivity index (χ1) is 12.2. The number of H-pyrrole nitrogens is 1. The van der Waals surface area contributed by atoms with Crippen LogP contribution in [-0.4, -0.2) is 32.1 Å². The predicted molar refractivity (Wildman–Crippen MR) is 93.2 cm³/mol. The third-order valence-corrected chi connectivity index (χ3v) is 4.59. The first-order valence-corrected chi connectivity index (χ1v) is 8.36. The van der Waals surface area contributed by atoms with Crippen molar-refractivity contribution < 1.29 is 9.53 Å². The molecular formula is C19H20N4O2. The summed E-state index contributed by atoms with van der Waals surface area (Å²) in [6.45, 7) is 1.64. The number of aryl methyl sites for hydroxylation is 1. The molecule has 0 radical (unpaired) electrons. The summed E-state index contributed by atoms with van der Waals surface area (Å²) < 4.78 is 7.67. The summed E-state index contributed by atoms with van der Waals surface area (Å²) in [7, 11) is 1.89. The molecule has 0 aliphatic carbocycles. The Morgan fingerprint density at radius 1 is 1.24 bits per heavy atom. The molecule has 6 nitrogen and oxygen atoms in total. The fourth-order valence-corrected chi connectivity index (χ4v) is 3.16. The summed E-state index contributed by atoms with van der Waals surface area (Å²) in [5.74, 6) is 0.862. The predicted octanol–water partition coefficient (Wildman–Crippen LogP) is 2.53. The molecule has 1 N–H and O–H groups in total. The van der Waals surface area contributed by atoms with Gasteiger partial charge in [-0.2, -0.15) is 5.10 Å². The van der Waals surface area contributed by atoms with Gasteiger partial charge in [0.2, 0.25) is 0 Å². The number of para-hydroxylation sites is 1. The first kappa shape index (κ1) is 15.5. The van der Waals surface area contributed by atoms with Gasteiger partial charge in [0, 0.05) is 44.0 Å². The molecule has 3 aromatic rings. The highest BCUT2D eigenvalue weighted by atomic mass is 16.5. The number of hydrogen-bond donors (Lipinski definition) is 1. The third-order valence-electron chi connectivity index (χ3n) is 4.59. The Labute approximate surface area is 146 Å². The molecule has 6 heteroatoms. The molecule has 2 aromatic heterocycles. The Balaban J connectivity index is 1.49. The summed E-state index contributed by atoms with van der Waals surface area (Å²) in [5.41, 5.74) is 3.74. The van der Waals surface area contributed by atoms with Crippen LogP contribution in [0.25, 0.3) is 0 Å². The van der Waals surface area contributed by atoms with Crippen molar-refractivity contribution in [2.75, 3.05) is 6.54 Å². The zero-order chi connectivity index (χ0) is 17.2. The molecule has 128 valence electrons. The average Bonchev–Trinajstić information content (AvgIpc) is 3.26. The van der Waals surface area contributed by atoms with Gasteiger partial charge in [-0.1, -0.05) is 18.2 Å².